The largest absolute Gasteiger partial charge is 0.293 e. The Balaban J connectivity index is 3.13. The molecule has 0 bridgehead atoms. The summed E-state index contributed by atoms with van der Waals surface area (Å²) in [6.07, 6.45) is 0. The summed E-state index contributed by atoms with van der Waals surface area (Å²) >= 11 is -4.76. The molecule has 0 aliphatic carbocycles. The average molecular weight is 147 g/mol. The van der Waals surface area contributed by atoms with E-state index in [9.17, 15) is 4.21 Å². The van der Waals surface area contributed by atoms with Crippen molar-refractivity contribution in [3.63, 3.8) is 0 Å². The molecular weight excluding hydrogens is 142 g/mol. The van der Waals surface area contributed by atoms with E-state index in [1.807, 2.05) is 0 Å². The lowest BCUT2D eigenvalue weighted by Gasteiger charge is -2.06. The highest BCUT2D eigenvalue weighted by Gasteiger charge is 1.88. The second kappa shape index (κ2) is 3.36. The van der Waals surface area contributed by atoms with Gasteiger partial charge in [-0.1, -0.05) is 0 Å². The minimum absolute atomic E-state index is 1.51. The van der Waals surface area contributed by atoms with Crippen molar-refractivity contribution in [3.05, 3.63) is 0 Å². The molecule has 0 aliphatic heterocycles. The quantitative estimate of drug-likeness (QED) is 0.271. The number of hydrogen-bond acceptors (Lipinski definition) is 3. The number of rotatable bonds is 2. The summed E-state index contributed by atoms with van der Waals surface area (Å²) in [6.45, 7) is 0. The van der Waals surface area contributed by atoms with Gasteiger partial charge in [0.05, 0.1) is 0 Å². The van der Waals surface area contributed by atoms with Crippen molar-refractivity contribution < 1.29 is 17.9 Å². The van der Waals surface area contributed by atoms with E-state index in [2.05, 4.69) is 0 Å². The van der Waals surface area contributed by atoms with Gasteiger partial charge in [-0.25, -0.2) is 4.21 Å². The number of thiol groups is 1. The Labute approximate surface area is 45.7 Å². The summed E-state index contributed by atoms with van der Waals surface area (Å²) in [4.78, 5) is 0. The van der Waals surface area contributed by atoms with Gasteiger partial charge in [0, 0.05) is 0 Å². The van der Waals surface area contributed by atoms with Gasteiger partial charge in [0.2, 0.25) is 11.3 Å². The van der Waals surface area contributed by atoms with Crippen LogP contribution in [0.25, 0.3) is 0 Å². The third-order valence-corrected chi connectivity index (χ3v) is 1.44. The van der Waals surface area contributed by atoms with Crippen molar-refractivity contribution >= 4 is 22.9 Å². The van der Waals surface area contributed by atoms with E-state index in [4.69, 9.17) is 13.7 Å². The van der Waals surface area contributed by atoms with Crippen molar-refractivity contribution in [2.45, 2.75) is 0 Å². The van der Waals surface area contributed by atoms with Gasteiger partial charge in [-0.05, 0) is 0 Å². The molecule has 5 nitrogen and oxygen atoms in total. The lowest BCUT2D eigenvalue weighted by molar-refractivity contribution is 0.505. The zero-order chi connectivity index (χ0) is 5.86. The Morgan fingerprint density at radius 1 is 1.57 bits per heavy atom. The van der Waals surface area contributed by atoms with Crippen molar-refractivity contribution in [2.24, 2.45) is 0 Å². The second-order valence-corrected chi connectivity index (χ2v) is 2.44. The molecular formula is H5NO4S2. The normalized spacial score (nSPS) is 16.1. The molecule has 0 rings (SSSR count). The molecule has 0 spiro atoms. The van der Waals surface area contributed by atoms with Crippen LogP contribution in [0.1, 0.15) is 0 Å². The molecule has 0 radical (unpaired) electrons. The van der Waals surface area contributed by atoms with Gasteiger partial charge in [-0.15, -0.1) is 15.8 Å². The molecule has 46 valence electrons. The van der Waals surface area contributed by atoms with Crippen LogP contribution in [0.2, 0.25) is 0 Å². The highest BCUT2D eigenvalue weighted by molar-refractivity contribution is 8.11. The molecule has 0 aromatic carbocycles. The molecule has 1 atom stereocenters. The van der Waals surface area contributed by atoms with Crippen LogP contribution in [-0.2, 0) is 11.3 Å². The fraction of sp³-hybridized carbons (Fsp3) is 0. The summed E-state index contributed by atoms with van der Waals surface area (Å²) in [5, 5.41) is 0. The molecule has 0 aromatic heterocycles. The molecule has 7 heteroatoms. The molecule has 0 saturated heterocycles. The molecule has 0 fully saturated rings. The van der Waals surface area contributed by atoms with E-state index in [-0.39, 0.29) is 0 Å². The first-order valence-electron chi connectivity index (χ1n) is 1.18. The SMILES string of the molecule is O=S(O)N[SH](O)O. The Morgan fingerprint density at radius 3 is 2.00 bits per heavy atom. The van der Waals surface area contributed by atoms with Crippen LogP contribution in [0, 0.1) is 0 Å². The maximum atomic E-state index is 9.51. The third kappa shape index (κ3) is 6.34. The molecule has 0 aromatic rings. The van der Waals surface area contributed by atoms with E-state index in [0.29, 0.717) is 0 Å². The van der Waals surface area contributed by atoms with E-state index in [0.717, 1.165) is 0 Å². The van der Waals surface area contributed by atoms with Crippen LogP contribution < -0.4 is 4.13 Å². The smallest absolute Gasteiger partial charge is 0.249 e. The van der Waals surface area contributed by atoms with Crippen molar-refractivity contribution in [2.75, 3.05) is 0 Å². The predicted molar refractivity (Wildman–Crippen MR) is 28.2 cm³/mol. The lowest BCUT2D eigenvalue weighted by Crippen LogP contribution is -2.10. The monoisotopic (exact) mass is 147 g/mol. The van der Waals surface area contributed by atoms with E-state index in [1.54, 1.807) is 0 Å². The minimum Gasteiger partial charge on any atom is -0.293 e. The summed E-state index contributed by atoms with van der Waals surface area (Å²) in [5.74, 6) is 0. The van der Waals surface area contributed by atoms with Crippen molar-refractivity contribution in [3.8, 4) is 0 Å². The van der Waals surface area contributed by atoms with E-state index >= 15 is 0 Å². The zero-order valence-electron chi connectivity index (χ0n) is 3.11. The molecule has 0 aliphatic rings. The summed E-state index contributed by atoms with van der Waals surface area (Å²) in [5.41, 5.74) is 0. The maximum absolute atomic E-state index is 9.51. The van der Waals surface area contributed by atoms with Crippen molar-refractivity contribution in [1.82, 2.24) is 4.13 Å². The van der Waals surface area contributed by atoms with Gasteiger partial charge in [0.1, 0.15) is 0 Å². The Kier molecular flexibility index (Phi) is 3.52. The van der Waals surface area contributed by atoms with E-state index in [1.165, 1.54) is 4.13 Å². The zero-order valence-corrected chi connectivity index (χ0v) is 4.82. The molecule has 7 heavy (non-hydrogen) atoms. The highest BCUT2D eigenvalue weighted by Crippen LogP contribution is 2.02. The summed E-state index contributed by atoms with van der Waals surface area (Å²) in [7, 11) is 0. The number of nitrogens with one attached hydrogen (secondary N) is 1. The first kappa shape index (κ1) is 7.34. The molecule has 4 N–H and O–H groups in total. The second-order valence-electron chi connectivity index (χ2n) is 0.630. The lowest BCUT2D eigenvalue weighted by atomic mass is 13.9. The maximum Gasteiger partial charge on any atom is 0.249 e. The Hall–Kier alpha value is 0.340. The van der Waals surface area contributed by atoms with E-state index < -0.39 is 22.9 Å². The van der Waals surface area contributed by atoms with Crippen LogP contribution in [0.15, 0.2) is 0 Å². The van der Waals surface area contributed by atoms with Crippen LogP contribution in [0.3, 0.4) is 0 Å². The predicted octanol–water partition coefficient (Wildman–Crippen LogP) is -0.425. The van der Waals surface area contributed by atoms with Crippen LogP contribution in [0.5, 0.6) is 0 Å². The van der Waals surface area contributed by atoms with Gasteiger partial charge in [0.25, 0.3) is 0 Å². The molecule has 0 heterocycles. The highest BCUT2D eigenvalue weighted by atomic mass is 32.3. The molecule has 1 unspecified atom stereocenters. The molecule has 0 saturated carbocycles. The topological polar surface area (TPSA) is 89.8 Å². The Bertz CT molecular complexity index is 70.1. The number of hydrogen-bond donors (Lipinski definition) is 5. The summed E-state index contributed by atoms with van der Waals surface area (Å²) < 4.78 is 34.6. The third-order valence-electron chi connectivity index (χ3n) is 0.160. The molecule has 0 amide bonds. The first-order chi connectivity index (χ1) is 3.13. The van der Waals surface area contributed by atoms with Gasteiger partial charge in [0.15, 0.2) is 0 Å². The van der Waals surface area contributed by atoms with Gasteiger partial charge in [-0.3, -0.25) is 13.7 Å². The fourth-order valence-electron chi connectivity index (χ4n) is 0.0698. The van der Waals surface area contributed by atoms with Gasteiger partial charge >= 0.3 is 0 Å². The standard InChI is InChI=1S/H5NO4S2/c2-6(3)1-7(4)5/h1-3,6H,(H,4,5). The summed E-state index contributed by atoms with van der Waals surface area (Å²) in [6, 6.07) is 0. The van der Waals surface area contributed by atoms with Crippen LogP contribution in [0.4, 0.5) is 0 Å². The Morgan fingerprint density at radius 2 is 2.00 bits per heavy atom. The van der Waals surface area contributed by atoms with Gasteiger partial charge < -0.3 is 0 Å². The minimum atomic E-state index is -2.44. The fourth-order valence-corrected chi connectivity index (χ4v) is 0.629. The van der Waals surface area contributed by atoms with Crippen molar-refractivity contribution in [1.29, 1.82) is 0 Å². The van der Waals surface area contributed by atoms with Crippen LogP contribution >= 0.6 is 11.6 Å². The van der Waals surface area contributed by atoms with Crippen LogP contribution in [-0.4, -0.2) is 17.9 Å². The van der Waals surface area contributed by atoms with Gasteiger partial charge in [-0.2, -0.15) is 0 Å². The first-order valence-corrected chi connectivity index (χ1v) is 3.53. The average Bonchev–Trinajstić information content (AvgIpc) is 1.27.